The van der Waals surface area contributed by atoms with Crippen molar-refractivity contribution in [2.45, 2.75) is 21.6 Å². The lowest BCUT2D eigenvalue weighted by atomic mass is 10.0. The third kappa shape index (κ3) is 8.61. The van der Waals surface area contributed by atoms with Crippen molar-refractivity contribution in [1.82, 2.24) is 0 Å². The molecule has 0 aliphatic rings. The molecule has 0 aromatic heterocycles. The molecule has 7 N–H and O–H groups in total. The first kappa shape index (κ1) is 39.6. The molecule has 0 amide bonds. The lowest BCUT2D eigenvalue weighted by Crippen LogP contribution is -2.04. The van der Waals surface area contributed by atoms with Crippen LogP contribution in [0.25, 0.3) is 10.8 Å². The number of rotatable bonds is 11. The van der Waals surface area contributed by atoms with E-state index >= 15 is 0 Å². The average molecular weight is 815 g/mol. The van der Waals surface area contributed by atoms with Crippen molar-refractivity contribution >= 4 is 92.6 Å². The van der Waals surface area contributed by atoms with Gasteiger partial charge in [-0.3, -0.25) is 23.8 Å². The van der Waals surface area contributed by atoms with Crippen molar-refractivity contribution in [2.75, 3.05) is 5.73 Å². The molecule has 0 aliphatic carbocycles. The van der Waals surface area contributed by atoms with Crippen molar-refractivity contribution < 1.29 is 58.8 Å². The predicted octanol–water partition coefficient (Wildman–Crippen LogP) is 7.03. The number of carbonyl (C=O) groups is 1. The van der Waals surface area contributed by atoms with Crippen LogP contribution >= 0.6 is 0 Å². The molecular formula is C30H22N8O14S3. The van der Waals surface area contributed by atoms with Gasteiger partial charge in [0.15, 0.2) is 5.75 Å². The number of aromatic carboxylic acids is 1. The summed E-state index contributed by atoms with van der Waals surface area (Å²) < 4.78 is 103. The van der Waals surface area contributed by atoms with Crippen LogP contribution in [0.5, 0.6) is 5.75 Å². The van der Waals surface area contributed by atoms with Crippen molar-refractivity contribution in [1.29, 1.82) is 0 Å². The maximum atomic E-state index is 12.5. The lowest BCUT2D eigenvalue weighted by molar-refractivity contribution is -0.385. The van der Waals surface area contributed by atoms with Gasteiger partial charge in [-0.25, -0.2) is 4.79 Å². The minimum Gasteiger partial charge on any atom is -0.505 e. The summed E-state index contributed by atoms with van der Waals surface area (Å²) in [6.45, 7) is 1.64. The Morgan fingerprint density at radius 2 is 1.22 bits per heavy atom. The number of nitrogen functional groups attached to an aromatic ring is 1. The number of carboxylic acid groups (broad SMARTS) is 1. The van der Waals surface area contributed by atoms with E-state index in [4.69, 9.17) is 10.8 Å². The van der Waals surface area contributed by atoms with Crippen LogP contribution in [0.2, 0.25) is 0 Å². The molecule has 0 aliphatic heterocycles. The number of nitrogens with zero attached hydrogens (tertiary/aromatic N) is 7. The number of hydrogen-bond acceptors (Lipinski definition) is 17. The summed E-state index contributed by atoms with van der Waals surface area (Å²) in [4.78, 5) is 17.6. The summed E-state index contributed by atoms with van der Waals surface area (Å²) in [6, 6.07) is 13.0. The molecule has 5 aromatic rings. The van der Waals surface area contributed by atoms with Crippen molar-refractivity contribution in [3.8, 4) is 5.75 Å². The Morgan fingerprint density at radius 3 is 1.78 bits per heavy atom. The molecule has 284 valence electrons. The molecule has 0 heterocycles. The fraction of sp³-hybridized carbons (Fsp3) is 0.0333. The van der Waals surface area contributed by atoms with E-state index in [0.717, 1.165) is 6.07 Å². The molecule has 0 fully saturated rings. The first-order valence-corrected chi connectivity index (χ1v) is 18.9. The SMILES string of the molecule is Cc1cc(/N=N/c2cc(S(=O)(=O)O)c3cc(S(=O)(=O)O)c(/N=N/c4ccc([N+](=O)[O-])cc4S(=O)(=O)O)c(O)c3c2N)ccc1/N=N/c1ccc(C(=O)O)cc1. The Kier molecular flexibility index (Phi) is 10.5. The lowest BCUT2D eigenvalue weighted by Gasteiger charge is -2.14. The Bertz CT molecular complexity index is 2880. The van der Waals surface area contributed by atoms with Gasteiger partial charge in [0, 0.05) is 17.5 Å². The number of nitro groups is 1. The van der Waals surface area contributed by atoms with Gasteiger partial charge in [0.1, 0.15) is 31.7 Å². The van der Waals surface area contributed by atoms with Gasteiger partial charge in [0.2, 0.25) is 0 Å². The molecule has 0 saturated carbocycles. The second-order valence-corrected chi connectivity index (χ2v) is 15.2. The maximum Gasteiger partial charge on any atom is 0.335 e. The zero-order valence-corrected chi connectivity index (χ0v) is 29.7. The summed E-state index contributed by atoms with van der Waals surface area (Å²) in [6.07, 6.45) is 0. The van der Waals surface area contributed by atoms with Gasteiger partial charge in [0.05, 0.1) is 38.6 Å². The van der Waals surface area contributed by atoms with Crippen LogP contribution in [0.4, 0.5) is 45.5 Å². The topological polar surface area (TPSA) is 364 Å². The minimum absolute atomic E-state index is 0.0566. The maximum absolute atomic E-state index is 12.5. The normalized spacial score (nSPS) is 12.7. The van der Waals surface area contributed by atoms with Crippen molar-refractivity contribution in [3.05, 3.63) is 94.0 Å². The van der Waals surface area contributed by atoms with Gasteiger partial charge in [-0.1, -0.05) is 0 Å². The Morgan fingerprint density at radius 1 is 0.673 bits per heavy atom. The Balaban J connectivity index is 1.63. The van der Waals surface area contributed by atoms with E-state index in [0.29, 0.717) is 41.2 Å². The highest BCUT2D eigenvalue weighted by atomic mass is 32.2. The molecule has 55 heavy (non-hydrogen) atoms. The van der Waals surface area contributed by atoms with Gasteiger partial charge >= 0.3 is 5.97 Å². The highest BCUT2D eigenvalue weighted by molar-refractivity contribution is 7.86. The number of non-ortho nitro benzene ring substituents is 1. The van der Waals surface area contributed by atoms with Crippen LogP contribution in [0.15, 0.2) is 118 Å². The number of phenols is 1. The van der Waals surface area contributed by atoms with E-state index in [-0.39, 0.29) is 11.3 Å². The van der Waals surface area contributed by atoms with E-state index in [9.17, 15) is 58.9 Å². The standard InChI is InChI=1S/C30H22N8O14S3/c1-14-10-17(6-8-20(14)34-32-16-4-2-15(3-5-16)30(40)41)33-36-22-13-23(53(44,45)46)19-12-25(55(50,51)52)28(29(39)26(19)27(22)31)37-35-21-9-7-18(38(42)43)11-24(21)54(47,48)49/h2-13,39H,31H2,1H3,(H,40,41)(H,44,45,46)(H,47,48,49)(H,50,51,52)/b34-32+,36-33+,37-35+. The number of anilines is 1. The molecule has 5 rings (SSSR count). The third-order valence-corrected chi connectivity index (χ3v) is 10.0. The summed E-state index contributed by atoms with van der Waals surface area (Å²) in [5, 5.41) is 53.0. The molecule has 0 atom stereocenters. The monoisotopic (exact) mass is 814 g/mol. The van der Waals surface area contributed by atoms with E-state index in [1.165, 1.54) is 42.5 Å². The molecule has 22 nitrogen and oxygen atoms in total. The highest BCUT2D eigenvalue weighted by Crippen LogP contribution is 2.48. The van der Waals surface area contributed by atoms with E-state index in [1.54, 1.807) is 6.92 Å². The number of hydrogen-bond donors (Lipinski definition) is 6. The second-order valence-electron chi connectivity index (χ2n) is 11.1. The smallest absolute Gasteiger partial charge is 0.335 e. The molecule has 0 bridgehead atoms. The average Bonchev–Trinajstić information content (AvgIpc) is 3.09. The largest absolute Gasteiger partial charge is 0.505 e. The number of benzene rings is 5. The number of fused-ring (bicyclic) bond motifs is 1. The third-order valence-electron chi connectivity index (χ3n) is 7.40. The summed E-state index contributed by atoms with van der Waals surface area (Å²) >= 11 is 0. The number of nitro benzene ring substituents is 1. The van der Waals surface area contributed by atoms with Crippen LogP contribution in [0.1, 0.15) is 15.9 Å². The summed E-state index contributed by atoms with van der Waals surface area (Å²) in [7, 11) is -15.9. The number of phenolic OH excluding ortho intramolecular Hbond substituents is 1. The van der Waals surface area contributed by atoms with Crippen LogP contribution in [0, 0.1) is 17.0 Å². The first-order chi connectivity index (χ1) is 25.6. The van der Waals surface area contributed by atoms with Crippen LogP contribution < -0.4 is 5.73 Å². The van der Waals surface area contributed by atoms with Gasteiger partial charge in [-0.15, -0.1) is 15.3 Å². The molecule has 0 spiro atoms. The molecular weight excluding hydrogens is 793 g/mol. The fourth-order valence-corrected chi connectivity index (χ4v) is 6.81. The Labute approximate surface area is 308 Å². The summed E-state index contributed by atoms with van der Waals surface area (Å²) in [5.41, 5.74) is 3.83. The minimum atomic E-state index is -5.44. The number of carboxylic acids is 1. The fourth-order valence-electron chi connectivity index (χ4n) is 4.82. The van der Waals surface area contributed by atoms with E-state index in [2.05, 4.69) is 30.7 Å². The highest BCUT2D eigenvalue weighted by Gasteiger charge is 2.29. The van der Waals surface area contributed by atoms with Gasteiger partial charge in [0.25, 0.3) is 36.0 Å². The van der Waals surface area contributed by atoms with Gasteiger partial charge < -0.3 is 15.9 Å². The van der Waals surface area contributed by atoms with E-state index in [1.807, 2.05) is 0 Å². The molecule has 5 aromatic carbocycles. The number of aryl methyl sites for hydroxylation is 1. The molecule has 0 saturated heterocycles. The molecule has 0 radical (unpaired) electrons. The zero-order chi connectivity index (χ0) is 40.6. The molecule has 25 heteroatoms. The van der Waals surface area contributed by atoms with Gasteiger partial charge in [-0.05, 0) is 73.2 Å². The van der Waals surface area contributed by atoms with E-state index < -0.39 is 101 Å². The predicted molar refractivity (Wildman–Crippen MR) is 190 cm³/mol. The van der Waals surface area contributed by atoms with Crippen molar-refractivity contribution in [2.24, 2.45) is 30.7 Å². The Hall–Kier alpha value is -6.64. The van der Waals surface area contributed by atoms with Crippen molar-refractivity contribution in [3.63, 3.8) is 0 Å². The van der Waals surface area contributed by atoms with Crippen LogP contribution in [-0.2, 0) is 30.4 Å². The number of nitrogens with two attached hydrogens (primary N) is 1. The zero-order valence-electron chi connectivity index (χ0n) is 27.3. The first-order valence-electron chi connectivity index (χ1n) is 14.6. The number of azo groups is 3. The van der Waals surface area contributed by atoms with Crippen LogP contribution in [0.3, 0.4) is 0 Å². The second kappa shape index (κ2) is 14.6. The summed E-state index contributed by atoms with van der Waals surface area (Å²) in [5.74, 6) is -2.40. The molecule has 0 unspecified atom stereocenters. The van der Waals surface area contributed by atoms with Crippen LogP contribution in [-0.4, -0.2) is 60.0 Å². The number of aromatic hydroxyl groups is 1. The quantitative estimate of drug-likeness (QED) is 0.0256. The van der Waals surface area contributed by atoms with Gasteiger partial charge in [-0.2, -0.15) is 40.6 Å².